The van der Waals surface area contributed by atoms with Crippen LogP contribution in [0.15, 0.2) is 244 Å². The van der Waals surface area contributed by atoms with Gasteiger partial charge in [-0.1, -0.05) is 240 Å². The molecule has 20 nitrogen and oxygen atoms in total. The number of nitro groups is 1. The zero-order valence-electron chi connectivity index (χ0n) is 86.6. The van der Waals surface area contributed by atoms with Gasteiger partial charge in [0.25, 0.3) is 11.5 Å². The fraction of sp³-hybridized carbons (Fsp3) is 0.390. The number of nitro benzene ring substituents is 1. The second-order valence-corrected chi connectivity index (χ2v) is 43.1. The molecular weight excluding hydrogens is 1880 g/mol. The molecular formula is C118H137F6NO19S. The molecule has 0 N–H and O–H groups in total. The molecule has 0 amide bonds. The van der Waals surface area contributed by atoms with Gasteiger partial charge in [0.15, 0.2) is 33.0 Å². The molecule has 0 bridgehead atoms. The standard InChI is InChI=1S/C28H30O3.C25H30O5S.C24H27NO5.C21H25F3O3.C20H25F3O3/c1-6-20-14-16-21(17-15-20)18-19-28(5,26(30)31-27(2,3)4)25(29)24-13-9-11-22-10-7-8-12-23(22)24;1-7-18-8-10-19(11-9-18)16-17-25(5,23(27)30-24(2,3)4)22(26)20-12-14-21(15-13-20)31(6,28)29;1-6-17-7-9-18(10-8-17)15-16-24(5,22(27)30-23(2,3)4)21(26)19-11-13-20(14-12-19)25(28)29;1-3-15-9-11-16(12-10-15)13-14-20(2,18(25)21(22,23)24)19(26)27-17-7-5-4-6-8-17;1-7-16-9-8-15(12-13(16)2)10-11-19(14(3)24,20(21,22)23)17(25)26-18(4,5)6/h6-17H,1,18-19H2,2-5H3;7-15H,1,16-17H2,2-6H3;6-14H,1,15-16H2,2-5H3;3,9-12,17H,1,4-8,13-14H2,2H3;7-9,12H,1,10-11H2,2-6H3. The van der Waals surface area contributed by atoms with Crippen molar-refractivity contribution in [1.29, 1.82) is 0 Å². The molecule has 1 fully saturated rings. The zero-order chi connectivity index (χ0) is 109. The van der Waals surface area contributed by atoms with E-state index in [2.05, 4.69) is 32.9 Å². The Morgan fingerprint density at radius 3 is 1.07 bits per heavy atom. The number of ketones is 5. The Kier molecular flexibility index (Phi) is 42.2. The van der Waals surface area contributed by atoms with E-state index in [0.29, 0.717) is 49.7 Å². The van der Waals surface area contributed by atoms with E-state index < -0.39 is 142 Å². The van der Waals surface area contributed by atoms with Gasteiger partial charge in [0.05, 0.1) is 9.82 Å². The van der Waals surface area contributed by atoms with Gasteiger partial charge in [-0.15, -0.1) is 0 Å². The van der Waals surface area contributed by atoms with Crippen molar-refractivity contribution in [1.82, 2.24) is 0 Å². The maximum atomic E-state index is 13.8. The quantitative estimate of drug-likeness (QED) is 0.00670. The minimum absolute atomic E-state index is 0.0867. The summed E-state index contributed by atoms with van der Waals surface area (Å²) in [7, 11) is -3.38. The van der Waals surface area contributed by atoms with Crippen LogP contribution in [0.25, 0.3) is 41.2 Å². The highest BCUT2D eigenvalue weighted by molar-refractivity contribution is 7.90. The van der Waals surface area contributed by atoms with E-state index in [-0.39, 0.29) is 59.6 Å². The van der Waals surface area contributed by atoms with E-state index in [4.69, 9.17) is 23.7 Å². The summed E-state index contributed by atoms with van der Waals surface area (Å²) < 4.78 is 131. The largest absolute Gasteiger partial charge is 0.462 e. The van der Waals surface area contributed by atoms with Crippen LogP contribution in [-0.4, -0.2) is 119 Å². The summed E-state index contributed by atoms with van der Waals surface area (Å²) >= 11 is 0. The van der Waals surface area contributed by atoms with E-state index in [9.17, 15) is 92.8 Å². The number of halogens is 6. The molecule has 0 heterocycles. The van der Waals surface area contributed by atoms with Gasteiger partial charge in [-0.2, -0.15) is 26.3 Å². The van der Waals surface area contributed by atoms with Crippen molar-refractivity contribution in [2.75, 3.05) is 6.26 Å². The van der Waals surface area contributed by atoms with Crippen molar-refractivity contribution in [2.45, 2.75) is 267 Å². The minimum atomic E-state index is -5.09. The molecule has 0 spiro atoms. The Hall–Kier alpha value is -13.4. The van der Waals surface area contributed by atoms with Gasteiger partial charge < -0.3 is 23.7 Å². The number of hydrogen-bond donors (Lipinski definition) is 0. The maximum absolute atomic E-state index is 13.8. The number of esters is 5. The normalized spacial score (nSPS) is 14.5. The van der Waals surface area contributed by atoms with Crippen molar-refractivity contribution in [2.24, 2.45) is 27.1 Å². The predicted molar refractivity (Wildman–Crippen MR) is 558 cm³/mol. The summed E-state index contributed by atoms with van der Waals surface area (Å²) in [6, 6.07) is 60.0. The molecule has 1 saturated carbocycles. The molecule has 5 atom stereocenters. The molecule has 145 heavy (non-hydrogen) atoms. The zero-order valence-corrected chi connectivity index (χ0v) is 87.4. The van der Waals surface area contributed by atoms with Crippen molar-refractivity contribution in [3.63, 3.8) is 0 Å². The number of benzene rings is 9. The highest BCUT2D eigenvalue weighted by atomic mass is 32.2. The third-order valence-electron chi connectivity index (χ3n) is 24.7. The van der Waals surface area contributed by atoms with Crippen molar-refractivity contribution in [3.05, 3.63) is 327 Å². The summed E-state index contributed by atoms with van der Waals surface area (Å²) in [6.45, 7) is 47.4. The van der Waals surface area contributed by atoms with Crippen LogP contribution in [0.3, 0.4) is 0 Å². The molecule has 9 aromatic carbocycles. The number of aryl methyl sites for hydroxylation is 6. The summed E-state index contributed by atoms with van der Waals surface area (Å²) in [5, 5.41) is 12.7. The van der Waals surface area contributed by atoms with Gasteiger partial charge in [0.1, 0.15) is 50.2 Å². The topological polar surface area (TPSA) is 294 Å². The van der Waals surface area contributed by atoms with E-state index in [0.717, 1.165) is 106 Å². The average Bonchev–Trinajstić information content (AvgIpc) is 0.743. The number of non-ortho nitro benzene ring substituents is 1. The van der Waals surface area contributed by atoms with E-state index in [1.54, 1.807) is 141 Å². The molecule has 1 aliphatic carbocycles. The van der Waals surface area contributed by atoms with Gasteiger partial charge in [0.2, 0.25) is 5.41 Å². The average molecular weight is 2020 g/mol. The number of Topliss-reactive ketones (excluding diaryl/α,β-unsaturated/α-hetero) is 5. The summed E-state index contributed by atoms with van der Waals surface area (Å²) in [5.74, 6) is -8.65. The number of ether oxygens (including phenoxy) is 5. The van der Waals surface area contributed by atoms with Crippen molar-refractivity contribution in [3.8, 4) is 0 Å². The van der Waals surface area contributed by atoms with Gasteiger partial charge in [-0.25, -0.2) is 8.42 Å². The second-order valence-electron chi connectivity index (χ2n) is 41.1. The highest BCUT2D eigenvalue weighted by Crippen LogP contribution is 2.46. The third kappa shape index (κ3) is 34.7. The molecule has 10 rings (SSSR count). The lowest BCUT2D eigenvalue weighted by molar-refractivity contribution is -0.384. The summed E-state index contributed by atoms with van der Waals surface area (Å²) in [5.41, 5.74) is -1.96. The maximum Gasteiger partial charge on any atom is 0.451 e. The Labute approximate surface area is 849 Å². The van der Waals surface area contributed by atoms with Crippen molar-refractivity contribution >= 4 is 115 Å². The van der Waals surface area contributed by atoms with Crippen LogP contribution in [0.2, 0.25) is 0 Å². The van der Waals surface area contributed by atoms with Gasteiger partial charge in [0, 0.05) is 35.1 Å². The second kappa shape index (κ2) is 50.9. The van der Waals surface area contributed by atoms with E-state index >= 15 is 0 Å². The van der Waals surface area contributed by atoms with Crippen LogP contribution in [-0.2, 0) is 99.2 Å². The summed E-state index contributed by atoms with van der Waals surface area (Å²) in [6.07, 6.45) is 4.72. The van der Waals surface area contributed by atoms with Crippen LogP contribution in [0.5, 0.6) is 0 Å². The lowest BCUT2D eigenvalue weighted by atomic mass is 9.76. The Balaban J connectivity index is 0.000000278. The Morgan fingerprint density at radius 1 is 0.400 bits per heavy atom. The molecule has 0 aromatic heterocycles. The number of sulfone groups is 1. The molecule has 776 valence electrons. The monoisotopic (exact) mass is 2020 g/mol. The molecule has 1 aliphatic rings. The molecule has 0 saturated heterocycles. The first-order valence-electron chi connectivity index (χ1n) is 47.9. The fourth-order valence-corrected chi connectivity index (χ4v) is 16.3. The fourth-order valence-electron chi connectivity index (χ4n) is 15.7. The van der Waals surface area contributed by atoms with Crippen LogP contribution in [0, 0.1) is 44.1 Å². The van der Waals surface area contributed by atoms with E-state index in [1.165, 1.54) is 69.3 Å². The van der Waals surface area contributed by atoms with Gasteiger partial charge in [-0.3, -0.25) is 58.1 Å². The molecule has 0 radical (unpaired) electrons. The number of carbonyl (C=O) groups is 10. The van der Waals surface area contributed by atoms with Gasteiger partial charge >= 0.3 is 42.2 Å². The lowest BCUT2D eigenvalue weighted by Gasteiger charge is -2.34. The number of fused-ring (bicyclic) bond motifs is 1. The Bertz CT molecular complexity index is 6220. The van der Waals surface area contributed by atoms with Crippen LogP contribution in [0.1, 0.15) is 274 Å². The van der Waals surface area contributed by atoms with Crippen LogP contribution >= 0.6 is 0 Å². The number of nitrogens with zero attached hydrogens (tertiary/aromatic N) is 1. The molecule has 0 aliphatic heterocycles. The molecule has 5 unspecified atom stereocenters. The minimum Gasteiger partial charge on any atom is -0.462 e. The predicted octanol–water partition coefficient (Wildman–Crippen LogP) is 27.3. The number of hydrogen-bond acceptors (Lipinski definition) is 19. The first-order valence-corrected chi connectivity index (χ1v) is 49.7. The first-order chi connectivity index (χ1) is 67.3. The number of carbonyl (C=O) groups excluding carboxylic acids is 10. The first kappa shape index (κ1) is 120. The van der Waals surface area contributed by atoms with Crippen molar-refractivity contribution < 1.29 is 111 Å². The Morgan fingerprint density at radius 2 is 0.738 bits per heavy atom. The smallest absolute Gasteiger partial charge is 0.451 e. The SMILES string of the molecule is C=Cc1ccc(CCC(C(C)=O)(C(=O)OC(C)(C)C)C(F)(F)F)cc1C.C=Cc1ccc(CCC(C)(C(=O)OC(C)(C)C)C(=O)c2ccc(S(C)(=O)=O)cc2)cc1.C=Cc1ccc(CCC(C)(C(=O)OC(C)(C)C)C(=O)c2ccc([N+](=O)[O-])cc2)cc1.C=Cc1ccc(CCC(C)(C(=O)OC(C)(C)C)C(=O)c2cccc3ccccc23)cc1.C=Cc1ccc(CCC(C)(C(=O)OC2CCCCC2)C(=O)C(F)(F)F)cc1. The highest BCUT2D eigenvalue weighted by Gasteiger charge is 2.65. The third-order valence-corrected chi connectivity index (χ3v) is 25.8. The van der Waals surface area contributed by atoms with E-state index in [1.807, 2.05) is 137 Å². The number of rotatable bonds is 36. The van der Waals surface area contributed by atoms with Crippen LogP contribution < -0.4 is 0 Å². The van der Waals surface area contributed by atoms with Crippen LogP contribution in [0.4, 0.5) is 32.0 Å². The van der Waals surface area contributed by atoms with Gasteiger partial charge in [-0.05, 0) is 311 Å². The molecule has 9 aromatic rings. The summed E-state index contributed by atoms with van der Waals surface area (Å²) in [4.78, 5) is 139. The lowest BCUT2D eigenvalue weighted by Crippen LogP contribution is -2.53. The number of alkyl halides is 6. The molecule has 27 heteroatoms.